The SMILES string of the molecule is CCCCc1nnc(NC(=O)COCCN(CC)CC)s1. The third-order valence-electron chi connectivity index (χ3n) is 3.14. The lowest BCUT2D eigenvalue weighted by molar-refractivity contribution is -0.120. The molecule has 0 aromatic carbocycles. The normalized spacial score (nSPS) is 11.0. The maximum Gasteiger partial charge on any atom is 0.252 e. The molecule has 0 saturated heterocycles. The van der Waals surface area contributed by atoms with Crippen molar-refractivity contribution in [2.45, 2.75) is 40.0 Å². The molecule has 0 atom stereocenters. The topological polar surface area (TPSA) is 67.3 Å². The average Bonchev–Trinajstić information content (AvgIpc) is 2.92. The number of amides is 1. The lowest BCUT2D eigenvalue weighted by Gasteiger charge is -2.17. The van der Waals surface area contributed by atoms with Gasteiger partial charge in [0.25, 0.3) is 5.91 Å². The summed E-state index contributed by atoms with van der Waals surface area (Å²) >= 11 is 1.43. The molecule has 7 heteroatoms. The van der Waals surface area contributed by atoms with E-state index < -0.39 is 0 Å². The van der Waals surface area contributed by atoms with Crippen LogP contribution in [0.2, 0.25) is 0 Å². The summed E-state index contributed by atoms with van der Waals surface area (Å²) in [6.45, 7) is 9.83. The second kappa shape index (κ2) is 10.6. The number of carbonyl (C=O) groups is 1. The fourth-order valence-corrected chi connectivity index (χ4v) is 2.58. The summed E-state index contributed by atoms with van der Waals surface area (Å²) in [5, 5.41) is 12.3. The van der Waals surface area contributed by atoms with E-state index in [0.29, 0.717) is 11.7 Å². The average molecular weight is 314 g/mol. The van der Waals surface area contributed by atoms with Gasteiger partial charge in [0, 0.05) is 13.0 Å². The summed E-state index contributed by atoms with van der Waals surface area (Å²) in [6.07, 6.45) is 3.14. The molecule has 1 heterocycles. The Morgan fingerprint density at radius 2 is 2.05 bits per heavy atom. The van der Waals surface area contributed by atoms with Gasteiger partial charge in [0.2, 0.25) is 5.13 Å². The fraction of sp³-hybridized carbons (Fsp3) is 0.786. The third kappa shape index (κ3) is 7.50. The molecule has 21 heavy (non-hydrogen) atoms. The molecule has 1 aromatic heterocycles. The molecule has 6 nitrogen and oxygen atoms in total. The minimum atomic E-state index is -0.173. The van der Waals surface area contributed by atoms with E-state index >= 15 is 0 Å². The van der Waals surface area contributed by atoms with Crippen molar-refractivity contribution in [2.24, 2.45) is 0 Å². The van der Waals surface area contributed by atoms with Crippen molar-refractivity contribution in [3.63, 3.8) is 0 Å². The van der Waals surface area contributed by atoms with Crippen LogP contribution in [0.15, 0.2) is 0 Å². The van der Waals surface area contributed by atoms with Crippen molar-refractivity contribution in [2.75, 3.05) is 38.2 Å². The van der Waals surface area contributed by atoms with Crippen LogP contribution in [0, 0.1) is 0 Å². The first kappa shape index (κ1) is 18.0. The molecule has 0 bridgehead atoms. The van der Waals surface area contributed by atoms with Crippen molar-refractivity contribution in [3.8, 4) is 0 Å². The van der Waals surface area contributed by atoms with Crippen LogP contribution in [0.1, 0.15) is 38.6 Å². The highest BCUT2D eigenvalue weighted by Gasteiger charge is 2.08. The molecular weight excluding hydrogens is 288 g/mol. The predicted molar refractivity (Wildman–Crippen MR) is 85.8 cm³/mol. The van der Waals surface area contributed by atoms with Crippen LogP contribution < -0.4 is 5.32 Å². The van der Waals surface area contributed by atoms with Gasteiger partial charge in [-0.3, -0.25) is 10.1 Å². The highest BCUT2D eigenvalue weighted by Crippen LogP contribution is 2.16. The Balaban J connectivity index is 2.19. The quantitative estimate of drug-likeness (QED) is 0.634. The number of carbonyl (C=O) groups excluding carboxylic acids is 1. The van der Waals surface area contributed by atoms with Gasteiger partial charge in [-0.15, -0.1) is 10.2 Å². The first-order valence-electron chi connectivity index (χ1n) is 7.61. The molecule has 0 radical (unpaired) electrons. The zero-order valence-electron chi connectivity index (χ0n) is 13.2. The molecule has 0 aliphatic rings. The van der Waals surface area contributed by atoms with E-state index in [9.17, 15) is 4.79 Å². The van der Waals surface area contributed by atoms with Crippen LogP contribution in [-0.4, -0.2) is 53.9 Å². The number of nitrogens with zero attached hydrogens (tertiary/aromatic N) is 3. The summed E-state index contributed by atoms with van der Waals surface area (Å²) in [5.74, 6) is -0.173. The molecule has 0 aliphatic carbocycles. The molecule has 0 aliphatic heterocycles. The fourth-order valence-electron chi connectivity index (χ4n) is 1.79. The van der Waals surface area contributed by atoms with Crippen molar-refractivity contribution in [1.29, 1.82) is 0 Å². The summed E-state index contributed by atoms with van der Waals surface area (Å²) in [4.78, 5) is 14.0. The number of aryl methyl sites for hydroxylation is 1. The minimum Gasteiger partial charge on any atom is -0.370 e. The molecule has 0 unspecified atom stereocenters. The van der Waals surface area contributed by atoms with E-state index in [4.69, 9.17) is 4.74 Å². The van der Waals surface area contributed by atoms with E-state index in [1.165, 1.54) is 11.3 Å². The van der Waals surface area contributed by atoms with E-state index in [2.05, 4.69) is 41.2 Å². The second-order valence-corrected chi connectivity index (χ2v) is 5.79. The number of anilines is 1. The van der Waals surface area contributed by atoms with Crippen LogP contribution in [0.4, 0.5) is 5.13 Å². The Hall–Kier alpha value is -1.05. The Labute approximate surface area is 130 Å². The van der Waals surface area contributed by atoms with Gasteiger partial charge < -0.3 is 9.64 Å². The van der Waals surface area contributed by atoms with Crippen molar-refractivity contribution >= 4 is 22.4 Å². The van der Waals surface area contributed by atoms with Gasteiger partial charge in [-0.2, -0.15) is 0 Å². The third-order valence-corrected chi connectivity index (χ3v) is 4.04. The summed E-state index contributed by atoms with van der Waals surface area (Å²) in [6, 6.07) is 0. The zero-order valence-corrected chi connectivity index (χ0v) is 14.0. The first-order valence-corrected chi connectivity index (χ1v) is 8.43. The van der Waals surface area contributed by atoms with Crippen LogP contribution in [0.5, 0.6) is 0 Å². The maximum absolute atomic E-state index is 11.7. The molecular formula is C14H26N4O2S. The van der Waals surface area contributed by atoms with Gasteiger partial charge in [0.1, 0.15) is 11.6 Å². The predicted octanol–water partition coefficient (Wildman–Crippen LogP) is 2.18. The molecule has 1 N–H and O–H groups in total. The largest absolute Gasteiger partial charge is 0.370 e. The lowest BCUT2D eigenvalue weighted by atomic mass is 10.3. The first-order chi connectivity index (χ1) is 10.2. The summed E-state index contributed by atoms with van der Waals surface area (Å²) in [7, 11) is 0. The van der Waals surface area contributed by atoms with Gasteiger partial charge in [-0.05, 0) is 19.5 Å². The maximum atomic E-state index is 11.7. The number of hydrogen-bond acceptors (Lipinski definition) is 6. The Morgan fingerprint density at radius 1 is 1.29 bits per heavy atom. The molecule has 1 aromatic rings. The number of likely N-dealkylation sites (N-methyl/N-ethyl adjacent to an activating group) is 1. The number of hydrogen-bond donors (Lipinski definition) is 1. The second-order valence-electron chi connectivity index (χ2n) is 4.73. The number of ether oxygens (including phenoxy) is 1. The lowest BCUT2D eigenvalue weighted by Crippen LogP contribution is -2.28. The highest BCUT2D eigenvalue weighted by atomic mass is 32.1. The summed E-state index contributed by atoms with van der Waals surface area (Å²) in [5.41, 5.74) is 0. The molecule has 1 rings (SSSR count). The van der Waals surface area contributed by atoms with Crippen molar-refractivity contribution in [1.82, 2.24) is 15.1 Å². The van der Waals surface area contributed by atoms with Crippen molar-refractivity contribution < 1.29 is 9.53 Å². The van der Waals surface area contributed by atoms with E-state index in [1.807, 2.05) is 0 Å². The van der Waals surface area contributed by atoms with Crippen LogP contribution in [0.3, 0.4) is 0 Å². The van der Waals surface area contributed by atoms with Crippen LogP contribution in [-0.2, 0) is 16.0 Å². The summed E-state index contributed by atoms with van der Waals surface area (Å²) < 4.78 is 5.38. The monoisotopic (exact) mass is 314 g/mol. The van der Waals surface area contributed by atoms with E-state index in [0.717, 1.165) is 43.9 Å². The molecule has 0 spiro atoms. The minimum absolute atomic E-state index is 0.0607. The number of nitrogens with one attached hydrogen (secondary N) is 1. The molecule has 0 fully saturated rings. The zero-order chi connectivity index (χ0) is 15.5. The van der Waals surface area contributed by atoms with E-state index in [1.54, 1.807) is 0 Å². The van der Waals surface area contributed by atoms with Gasteiger partial charge in [0.05, 0.1) is 6.61 Å². The van der Waals surface area contributed by atoms with Gasteiger partial charge in [-0.25, -0.2) is 0 Å². The number of rotatable bonds is 11. The number of aromatic nitrogens is 2. The highest BCUT2D eigenvalue weighted by molar-refractivity contribution is 7.15. The van der Waals surface area contributed by atoms with E-state index in [-0.39, 0.29) is 12.5 Å². The van der Waals surface area contributed by atoms with Crippen LogP contribution >= 0.6 is 11.3 Å². The standard InChI is InChI=1S/C14H26N4O2S/c1-4-7-8-13-16-17-14(21-13)15-12(19)11-20-10-9-18(5-2)6-3/h4-11H2,1-3H3,(H,15,17,19). The van der Waals surface area contributed by atoms with Crippen molar-refractivity contribution in [3.05, 3.63) is 5.01 Å². The molecule has 0 saturated carbocycles. The molecule has 120 valence electrons. The van der Waals surface area contributed by atoms with Gasteiger partial charge >= 0.3 is 0 Å². The smallest absolute Gasteiger partial charge is 0.252 e. The number of unbranched alkanes of at least 4 members (excludes halogenated alkanes) is 1. The Kier molecular flexibility index (Phi) is 9.12. The van der Waals surface area contributed by atoms with Crippen LogP contribution in [0.25, 0.3) is 0 Å². The Bertz CT molecular complexity index is 407. The van der Waals surface area contributed by atoms with Gasteiger partial charge in [-0.1, -0.05) is 38.5 Å². The molecule has 1 amide bonds. The van der Waals surface area contributed by atoms with Gasteiger partial charge in [0.15, 0.2) is 0 Å². The Morgan fingerprint density at radius 3 is 2.71 bits per heavy atom.